The lowest BCUT2D eigenvalue weighted by Crippen LogP contribution is -1.98. The summed E-state index contributed by atoms with van der Waals surface area (Å²) in [5, 5.41) is 25.2. The summed E-state index contributed by atoms with van der Waals surface area (Å²) in [6.45, 7) is 1.86. The second-order valence-corrected chi connectivity index (χ2v) is 3.44. The first-order chi connectivity index (χ1) is 9.06. The molecule has 19 heavy (non-hydrogen) atoms. The van der Waals surface area contributed by atoms with E-state index in [1.807, 2.05) is 19.1 Å². The third kappa shape index (κ3) is 4.19. The highest BCUT2D eigenvalue weighted by molar-refractivity contribution is 5.67. The quantitative estimate of drug-likeness (QED) is 0.367. The van der Waals surface area contributed by atoms with Crippen molar-refractivity contribution in [1.82, 2.24) is 0 Å². The highest BCUT2D eigenvalue weighted by Crippen LogP contribution is 2.28. The molecule has 0 aliphatic rings. The highest BCUT2D eigenvalue weighted by atomic mass is 16.6. The van der Waals surface area contributed by atoms with Crippen LogP contribution in [0.15, 0.2) is 35.5 Å². The first kappa shape index (κ1) is 14.3. The Kier molecular flexibility index (Phi) is 5.15. The molecule has 0 saturated heterocycles. The summed E-state index contributed by atoms with van der Waals surface area (Å²) in [5.74, 6) is 0. The number of hydrogen-bond acceptors (Lipinski definition) is 6. The van der Waals surface area contributed by atoms with Crippen molar-refractivity contribution in [1.29, 1.82) is 0 Å². The van der Waals surface area contributed by atoms with Crippen LogP contribution in [-0.2, 0) is 0 Å². The maximum Gasteiger partial charge on any atom is 0.301 e. The van der Waals surface area contributed by atoms with Crippen LogP contribution in [-0.4, -0.2) is 16.1 Å². The van der Waals surface area contributed by atoms with Crippen molar-refractivity contribution < 1.29 is 9.85 Å². The summed E-state index contributed by atoms with van der Waals surface area (Å²) >= 11 is 0. The Hall–Kier alpha value is -2.77. The van der Waals surface area contributed by atoms with E-state index in [0.29, 0.717) is 6.42 Å². The molecule has 8 nitrogen and oxygen atoms in total. The van der Waals surface area contributed by atoms with Crippen molar-refractivity contribution in [2.75, 3.05) is 5.43 Å². The predicted molar refractivity (Wildman–Crippen MR) is 71.3 cm³/mol. The molecule has 0 aliphatic heterocycles. The minimum atomic E-state index is -0.698. The maximum atomic E-state index is 10.8. The van der Waals surface area contributed by atoms with Gasteiger partial charge in [0, 0.05) is 18.7 Å². The smallest absolute Gasteiger partial charge is 0.272 e. The van der Waals surface area contributed by atoms with E-state index in [1.54, 1.807) is 0 Å². The van der Waals surface area contributed by atoms with Gasteiger partial charge in [-0.15, -0.1) is 0 Å². The molecule has 0 fully saturated rings. The number of non-ortho nitro benzene ring substituents is 1. The van der Waals surface area contributed by atoms with Crippen LogP contribution < -0.4 is 5.43 Å². The average molecular weight is 264 g/mol. The van der Waals surface area contributed by atoms with Crippen molar-refractivity contribution in [3.8, 4) is 0 Å². The van der Waals surface area contributed by atoms with Gasteiger partial charge in [0.25, 0.3) is 5.69 Å². The summed E-state index contributed by atoms with van der Waals surface area (Å²) in [5.41, 5.74) is 1.87. The third-order valence-electron chi connectivity index (χ3n) is 2.14. The number of hydrazone groups is 1. The van der Waals surface area contributed by atoms with E-state index in [-0.39, 0.29) is 11.4 Å². The summed E-state index contributed by atoms with van der Waals surface area (Å²) in [6.07, 6.45) is 5.82. The number of nitrogens with zero attached hydrogens (tertiary/aromatic N) is 3. The first-order valence-corrected chi connectivity index (χ1v) is 5.37. The van der Waals surface area contributed by atoms with E-state index in [2.05, 4.69) is 10.5 Å². The first-order valence-electron chi connectivity index (χ1n) is 5.37. The minimum absolute atomic E-state index is 0.104. The topological polar surface area (TPSA) is 111 Å². The number of nitrogens with one attached hydrogen (secondary N) is 1. The van der Waals surface area contributed by atoms with Gasteiger partial charge in [0.05, 0.1) is 15.9 Å². The van der Waals surface area contributed by atoms with Gasteiger partial charge in [-0.05, 0) is 13.0 Å². The lowest BCUT2D eigenvalue weighted by Gasteiger charge is -2.01. The summed E-state index contributed by atoms with van der Waals surface area (Å²) in [4.78, 5) is 20.0. The zero-order valence-electron chi connectivity index (χ0n) is 10.1. The Morgan fingerprint density at radius 2 is 2.05 bits per heavy atom. The molecular formula is C11H12N4O4. The van der Waals surface area contributed by atoms with Gasteiger partial charge in [-0.3, -0.25) is 25.7 Å². The van der Waals surface area contributed by atoms with Gasteiger partial charge < -0.3 is 0 Å². The zero-order chi connectivity index (χ0) is 14.3. The second kappa shape index (κ2) is 6.84. The molecule has 100 valence electrons. The molecule has 0 spiro atoms. The fourth-order valence-electron chi connectivity index (χ4n) is 1.24. The molecule has 8 heteroatoms. The molecule has 0 radical (unpaired) electrons. The van der Waals surface area contributed by atoms with Gasteiger partial charge in [-0.25, -0.2) is 0 Å². The molecule has 1 aromatic rings. The third-order valence-corrected chi connectivity index (χ3v) is 2.14. The van der Waals surface area contributed by atoms with Gasteiger partial charge >= 0.3 is 5.69 Å². The molecule has 0 bridgehead atoms. The van der Waals surface area contributed by atoms with Crippen LogP contribution in [0.4, 0.5) is 17.1 Å². The van der Waals surface area contributed by atoms with E-state index >= 15 is 0 Å². The fraction of sp³-hybridized carbons (Fsp3) is 0.182. The Morgan fingerprint density at radius 3 is 2.63 bits per heavy atom. The van der Waals surface area contributed by atoms with Gasteiger partial charge in [0.15, 0.2) is 0 Å². The minimum Gasteiger partial charge on any atom is -0.272 e. The van der Waals surface area contributed by atoms with Gasteiger partial charge in [0.1, 0.15) is 5.69 Å². The molecule has 0 atom stereocenters. The predicted octanol–water partition coefficient (Wildman–Crippen LogP) is 2.87. The molecule has 0 unspecified atom stereocenters. The zero-order valence-corrected chi connectivity index (χ0v) is 10.1. The van der Waals surface area contributed by atoms with Crippen LogP contribution in [0, 0.1) is 20.2 Å². The van der Waals surface area contributed by atoms with Crippen LogP contribution in [0.3, 0.4) is 0 Å². The molecule has 1 rings (SSSR count). The molecule has 1 N–H and O–H groups in total. The van der Waals surface area contributed by atoms with Crippen molar-refractivity contribution in [3.63, 3.8) is 0 Å². The van der Waals surface area contributed by atoms with Crippen molar-refractivity contribution in [2.24, 2.45) is 5.10 Å². The summed E-state index contributed by atoms with van der Waals surface area (Å²) < 4.78 is 0. The van der Waals surface area contributed by atoms with Crippen LogP contribution in [0.25, 0.3) is 0 Å². The number of anilines is 1. The molecule has 0 saturated carbocycles. The van der Waals surface area contributed by atoms with Crippen LogP contribution in [0.2, 0.25) is 0 Å². The Labute approximate surface area is 108 Å². The maximum absolute atomic E-state index is 10.8. The monoisotopic (exact) mass is 264 g/mol. The standard InChI is InChI=1S/C11H12N4O4/c1-2-3-4-7-12-13-10-6-5-9(14(16)17)8-11(10)15(18)19/h2-3,5-8,13H,4H2,1H3. The number of allylic oxidation sites excluding steroid dienone is 2. The average Bonchev–Trinajstić information content (AvgIpc) is 2.38. The van der Waals surface area contributed by atoms with Crippen LogP contribution in [0.1, 0.15) is 13.3 Å². The number of benzene rings is 1. The van der Waals surface area contributed by atoms with Gasteiger partial charge in [-0.2, -0.15) is 5.10 Å². The molecule has 0 aliphatic carbocycles. The number of rotatable bonds is 6. The Bertz CT molecular complexity index is 539. The normalized spacial score (nSPS) is 11.0. The fourth-order valence-corrected chi connectivity index (χ4v) is 1.24. The Morgan fingerprint density at radius 1 is 1.32 bits per heavy atom. The molecule has 0 amide bonds. The number of nitro benzene ring substituents is 2. The number of nitro groups is 2. The van der Waals surface area contributed by atoms with E-state index in [9.17, 15) is 20.2 Å². The molecular weight excluding hydrogens is 252 g/mol. The molecule has 0 heterocycles. The SMILES string of the molecule is CC=CCC=NNc1ccc([N+](=O)[O-])cc1[N+](=O)[O-]. The van der Waals surface area contributed by atoms with Crippen LogP contribution in [0.5, 0.6) is 0 Å². The van der Waals surface area contributed by atoms with Crippen molar-refractivity contribution >= 4 is 23.3 Å². The van der Waals surface area contributed by atoms with E-state index in [1.165, 1.54) is 18.3 Å². The van der Waals surface area contributed by atoms with E-state index in [0.717, 1.165) is 6.07 Å². The van der Waals surface area contributed by atoms with Crippen molar-refractivity contribution in [2.45, 2.75) is 13.3 Å². The van der Waals surface area contributed by atoms with Crippen LogP contribution >= 0.6 is 0 Å². The van der Waals surface area contributed by atoms with Gasteiger partial charge in [0.2, 0.25) is 0 Å². The molecule has 1 aromatic carbocycles. The lowest BCUT2D eigenvalue weighted by molar-refractivity contribution is -0.393. The summed E-state index contributed by atoms with van der Waals surface area (Å²) in [7, 11) is 0. The highest BCUT2D eigenvalue weighted by Gasteiger charge is 2.18. The number of hydrogen-bond donors (Lipinski definition) is 1. The molecule has 0 aromatic heterocycles. The van der Waals surface area contributed by atoms with Gasteiger partial charge in [-0.1, -0.05) is 12.2 Å². The van der Waals surface area contributed by atoms with E-state index in [4.69, 9.17) is 0 Å². The summed E-state index contributed by atoms with van der Waals surface area (Å²) in [6, 6.07) is 3.32. The largest absolute Gasteiger partial charge is 0.301 e. The lowest BCUT2D eigenvalue weighted by atomic mass is 10.2. The van der Waals surface area contributed by atoms with E-state index < -0.39 is 15.5 Å². The van der Waals surface area contributed by atoms with Crippen molar-refractivity contribution in [3.05, 3.63) is 50.6 Å². The Balaban J connectivity index is 2.91. The second-order valence-electron chi connectivity index (χ2n) is 3.44.